The largest absolute Gasteiger partial charge is 0.399 e. The smallest absolute Gasteiger partial charge is 0.321 e. The topological polar surface area (TPSA) is 87.5 Å². The first kappa shape index (κ1) is 16.8. The predicted octanol–water partition coefficient (Wildman–Crippen LogP) is 2.76. The van der Waals surface area contributed by atoms with E-state index in [0.717, 1.165) is 17.7 Å². The van der Waals surface area contributed by atoms with Crippen molar-refractivity contribution in [2.75, 3.05) is 29.0 Å². The molecule has 130 valence electrons. The number of benzene rings is 2. The summed E-state index contributed by atoms with van der Waals surface area (Å²) in [6.45, 7) is 1.38. The molecule has 0 radical (unpaired) electrons. The molecule has 1 aliphatic heterocycles. The number of aryl methyl sites for hydroxylation is 1. The Morgan fingerprint density at radius 3 is 2.84 bits per heavy atom. The van der Waals surface area contributed by atoms with Crippen molar-refractivity contribution in [3.05, 3.63) is 54.1 Å². The molecule has 0 saturated carbocycles. The van der Waals surface area contributed by atoms with Crippen molar-refractivity contribution in [2.45, 2.75) is 19.3 Å². The number of rotatable bonds is 5. The SMILES string of the molecule is Nc1ccccc1CCC(=O)Nc1cccc(N2CCCNC2=O)c1. The maximum atomic E-state index is 12.2. The van der Waals surface area contributed by atoms with Crippen LogP contribution >= 0.6 is 0 Å². The highest BCUT2D eigenvalue weighted by Gasteiger charge is 2.19. The highest BCUT2D eigenvalue weighted by molar-refractivity contribution is 5.95. The third kappa shape index (κ3) is 4.29. The fourth-order valence-corrected chi connectivity index (χ4v) is 2.86. The van der Waals surface area contributed by atoms with E-state index < -0.39 is 0 Å². The van der Waals surface area contributed by atoms with Gasteiger partial charge < -0.3 is 16.4 Å². The molecule has 1 heterocycles. The molecule has 1 aliphatic rings. The standard InChI is InChI=1S/C19H22N4O2/c20-17-8-2-1-5-14(17)9-10-18(24)22-15-6-3-7-16(13-15)23-12-4-11-21-19(23)25/h1-3,5-8,13H,4,9-12,20H2,(H,21,25)(H,22,24). The first-order valence-corrected chi connectivity index (χ1v) is 8.42. The first-order chi connectivity index (χ1) is 12.1. The minimum Gasteiger partial charge on any atom is -0.399 e. The third-order valence-corrected chi connectivity index (χ3v) is 4.20. The minimum absolute atomic E-state index is 0.0801. The summed E-state index contributed by atoms with van der Waals surface area (Å²) in [6.07, 6.45) is 1.84. The van der Waals surface area contributed by atoms with Crippen molar-refractivity contribution in [3.63, 3.8) is 0 Å². The summed E-state index contributed by atoms with van der Waals surface area (Å²) < 4.78 is 0. The molecule has 1 saturated heterocycles. The molecule has 0 atom stereocenters. The van der Waals surface area contributed by atoms with Crippen LogP contribution in [0, 0.1) is 0 Å². The number of anilines is 3. The van der Waals surface area contributed by atoms with Crippen LogP contribution in [0.5, 0.6) is 0 Å². The van der Waals surface area contributed by atoms with Gasteiger partial charge in [0.1, 0.15) is 0 Å². The monoisotopic (exact) mass is 338 g/mol. The number of nitrogens with two attached hydrogens (primary N) is 1. The van der Waals surface area contributed by atoms with Crippen LogP contribution in [0.2, 0.25) is 0 Å². The average molecular weight is 338 g/mol. The van der Waals surface area contributed by atoms with E-state index in [4.69, 9.17) is 5.73 Å². The van der Waals surface area contributed by atoms with Crippen molar-refractivity contribution in [1.29, 1.82) is 0 Å². The van der Waals surface area contributed by atoms with E-state index in [1.165, 1.54) is 0 Å². The summed E-state index contributed by atoms with van der Waals surface area (Å²) in [5.74, 6) is -0.0801. The minimum atomic E-state index is -0.103. The van der Waals surface area contributed by atoms with Gasteiger partial charge in [-0.05, 0) is 42.7 Å². The molecule has 0 aliphatic carbocycles. The maximum absolute atomic E-state index is 12.2. The van der Waals surface area contributed by atoms with E-state index in [9.17, 15) is 9.59 Å². The Bertz CT molecular complexity index is 776. The van der Waals surface area contributed by atoms with Crippen molar-refractivity contribution in [3.8, 4) is 0 Å². The zero-order valence-electron chi connectivity index (χ0n) is 14.0. The summed E-state index contributed by atoms with van der Waals surface area (Å²) in [7, 11) is 0. The van der Waals surface area contributed by atoms with Crippen molar-refractivity contribution >= 4 is 29.0 Å². The van der Waals surface area contributed by atoms with Gasteiger partial charge in [-0.2, -0.15) is 0 Å². The fraction of sp³-hybridized carbons (Fsp3) is 0.263. The second-order valence-electron chi connectivity index (χ2n) is 6.03. The van der Waals surface area contributed by atoms with Gasteiger partial charge in [0.25, 0.3) is 0 Å². The molecule has 0 unspecified atom stereocenters. The van der Waals surface area contributed by atoms with Gasteiger partial charge in [0, 0.05) is 36.6 Å². The molecule has 0 bridgehead atoms. The molecule has 6 nitrogen and oxygen atoms in total. The van der Waals surface area contributed by atoms with Gasteiger partial charge in [0.2, 0.25) is 5.91 Å². The second kappa shape index (κ2) is 7.70. The van der Waals surface area contributed by atoms with Gasteiger partial charge in [-0.1, -0.05) is 24.3 Å². The molecular formula is C19H22N4O2. The lowest BCUT2D eigenvalue weighted by Gasteiger charge is -2.27. The van der Waals surface area contributed by atoms with Gasteiger partial charge in [0.05, 0.1) is 0 Å². The van der Waals surface area contributed by atoms with Crippen LogP contribution in [0.25, 0.3) is 0 Å². The quantitative estimate of drug-likeness (QED) is 0.733. The van der Waals surface area contributed by atoms with Gasteiger partial charge >= 0.3 is 6.03 Å². The molecule has 0 aromatic heterocycles. The number of nitrogens with zero attached hydrogens (tertiary/aromatic N) is 1. The molecular weight excluding hydrogens is 316 g/mol. The van der Waals surface area contributed by atoms with Crippen LogP contribution in [0.4, 0.5) is 21.9 Å². The van der Waals surface area contributed by atoms with E-state index in [-0.39, 0.29) is 11.9 Å². The number of nitrogens with one attached hydrogen (secondary N) is 2. The second-order valence-corrected chi connectivity index (χ2v) is 6.03. The normalized spacial score (nSPS) is 14.1. The van der Waals surface area contributed by atoms with Crippen LogP contribution in [-0.2, 0) is 11.2 Å². The zero-order valence-corrected chi connectivity index (χ0v) is 14.0. The Morgan fingerprint density at radius 2 is 2.04 bits per heavy atom. The predicted molar refractivity (Wildman–Crippen MR) is 99.6 cm³/mol. The lowest BCUT2D eigenvalue weighted by atomic mass is 10.1. The molecule has 2 aromatic rings. The number of hydrogen-bond acceptors (Lipinski definition) is 3. The van der Waals surface area contributed by atoms with Crippen LogP contribution in [0.3, 0.4) is 0 Å². The lowest BCUT2D eigenvalue weighted by Crippen LogP contribution is -2.46. The van der Waals surface area contributed by atoms with E-state index >= 15 is 0 Å². The van der Waals surface area contributed by atoms with Crippen LogP contribution < -0.4 is 21.3 Å². The summed E-state index contributed by atoms with van der Waals surface area (Å²) >= 11 is 0. The number of para-hydroxylation sites is 1. The Hall–Kier alpha value is -3.02. The van der Waals surface area contributed by atoms with Gasteiger partial charge in [-0.15, -0.1) is 0 Å². The third-order valence-electron chi connectivity index (χ3n) is 4.20. The Balaban J connectivity index is 1.61. The molecule has 1 fully saturated rings. The van der Waals surface area contributed by atoms with Gasteiger partial charge in [0.15, 0.2) is 0 Å². The maximum Gasteiger partial charge on any atom is 0.321 e. The highest BCUT2D eigenvalue weighted by Crippen LogP contribution is 2.21. The van der Waals surface area contributed by atoms with Crippen LogP contribution in [0.1, 0.15) is 18.4 Å². The number of nitrogen functional groups attached to an aromatic ring is 1. The van der Waals surface area contributed by atoms with Crippen molar-refractivity contribution < 1.29 is 9.59 Å². The lowest BCUT2D eigenvalue weighted by molar-refractivity contribution is -0.116. The Kier molecular flexibility index (Phi) is 5.18. The highest BCUT2D eigenvalue weighted by atomic mass is 16.2. The van der Waals surface area contributed by atoms with Gasteiger partial charge in [-0.25, -0.2) is 4.79 Å². The molecule has 4 N–H and O–H groups in total. The van der Waals surface area contributed by atoms with Crippen molar-refractivity contribution in [1.82, 2.24) is 5.32 Å². The van der Waals surface area contributed by atoms with Crippen LogP contribution in [-0.4, -0.2) is 25.0 Å². The summed E-state index contributed by atoms with van der Waals surface area (Å²) in [5, 5.41) is 5.71. The number of carbonyl (C=O) groups is 2. The zero-order chi connectivity index (χ0) is 17.6. The number of carbonyl (C=O) groups excluding carboxylic acids is 2. The van der Waals surface area contributed by atoms with Crippen LogP contribution in [0.15, 0.2) is 48.5 Å². The molecule has 6 heteroatoms. The number of hydrogen-bond donors (Lipinski definition) is 3. The molecule has 2 aromatic carbocycles. The number of urea groups is 1. The van der Waals surface area contributed by atoms with Gasteiger partial charge in [-0.3, -0.25) is 9.69 Å². The molecule has 0 spiro atoms. The summed E-state index contributed by atoms with van der Waals surface area (Å²) in [5.41, 5.74) is 9.03. The molecule has 25 heavy (non-hydrogen) atoms. The fourth-order valence-electron chi connectivity index (χ4n) is 2.86. The average Bonchev–Trinajstić information content (AvgIpc) is 2.62. The summed E-state index contributed by atoms with van der Waals surface area (Å²) in [6, 6.07) is 14.8. The van der Waals surface area contributed by atoms with E-state index in [2.05, 4.69) is 10.6 Å². The van der Waals surface area contributed by atoms with Crippen molar-refractivity contribution in [2.24, 2.45) is 0 Å². The number of amides is 3. The first-order valence-electron chi connectivity index (χ1n) is 8.42. The summed E-state index contributed by atoms with van der Waals surface area (Å²) in [4.78, 5) is 25.8. The van der Waals surface area contributed by atoms with E-state index in [0.29, 0.717) is 37.3 Å². The molecule has 3 rings (SSSR count). The van der Waals surface area contributed by atoms with E-state index in [1.54, 1.807) is 4.90 Å². The van der Waals surface area contributed by atoms with E-state index in [1.807, 2.05) is 48.5 Å². The molecule has 3 amide bonds. The Morgan fingerprint density at radius 1 is 1.20 bits per heavy atom. The Labute approximate surface area is 147 Å².